The average molecular weight is 299 g/mol. The van der Waals surface area contributed by atoms with E-state index in [1.165, 1.54) is 6.20 Å². The molecule has 0 aliphatic heterocycles. The third-order valence-electron chi connectivity index (χ3n) is 2.33. The molecule has 0 radical (unpaired) electrons. The maximum Gasteiger partial charge on any atom is 0.319 e. The van der Waals surface area contributed by atoms with Crippen molar-refractivity contribution in [3.05, 3.63) is 23.5 Å². The third-order valence-corrected chi connectivity index (χ3v) is 2.63. The van der Waals surface area contributed by atoms with Gasteiger partial charge in [0.2, 0.25) is 5.91 Å². The number of anilines is 1. The fourth-order valence-corrected chi connectivity index (χ4v) is 1.74. The minimum atomic E-state index is -0.426. The van der Waals surface area contributed by atoms with Crippen LogP contribution in [0.3, 0.4) is 0 Å². The molecule has 0 aliphatic carbocycles. The van der Waals surface area contributed by atoms with E-state index in [1.54, 1.807) is 19.1 Å². The van der Waals surface area contributed by atoms with Crippen molar-refractivity contribution in [2.24, 2.45) is 0 Å². The first kappa shape index (κ1) is 16.2. The van der Waals surface area contributed by atoms with Gasteiger partial charge in [-0.2, -0.15) is 0 Å². The topological polar surface area (TPSA) is 83.1 Å². The normalized spacial score (nSPS) is 11.8. The van der Waals surface area contributed by atoms with Crippen molar-refractivity contribution in [1.82, 2.24) is 15.6 Å². The smallest absolute Gasteiger partial charge is 0.319 e. The molecule has 0 spiro atoms. The number of rotatable bonds is 5. The van der Waals surface area contributed by atoms with Gasteiger partial charge in [0.05, 0.1) is 5.69 Å². The minimum absolute atomic E-state index is 0.0812. The van der Waals surface area contributed by atoms with Gasteiger partial charge >= 0.3 is 6.03 Å². The van der Waals surface area contributed by atoms with Crippen LogP contribution in [-0.4, -0.2) is 29.0 Å². The summed E-state index contributed by atoms with van der Waals surface area (Å²) in [5.74, 6) is -0.104. The Hall–Kier alpha value is -1.82. The van der Waals surface area contributed by atoms with Gasteiger partial charge in [-0.25, -0.2) is 9.78 Å². The molecule has 0 aromatic carbocycles. The van der Waals surface area contributed by atoms with Gasteiger partial charge in [-0.05, 0) is 32.9 Å². The average Bonchev–Trinajstić information content (AvgIpc) is 2.30. The molecular formula is C13H19ClN4O2. The largest absolute Gasteiger partial charge is 0.354 e. The van der Waals surface area contributed by atoms with E-state index >= 15 is 0 Å². The Kier molecular flexibility index (Phi) is 6.24. The minimum Gasteiger partial charge on any atom is -0.354 e. The number of urea groups is 1. The van der Waals surface area contributed by atoms with E-state index in [4.69, 9.17) is 11.6 Å². The van der Waals surface area contributed by atoms with Gasteiger partial charge in [0.25, 0.3) is 0 Å². The van der Waals surface area contributed by atoms with Crippen molar-refractivity contribution in [3.8, 4) is 0 Å². The van der Waals surface area contributed by atoms with Crippen molar-refractivity contribution >= 4 is 29.2 Å². The first-order chi connectivity index (χ1) is 9.38. The van der Waals surface area contributed by atoms with E-state index in [2.05, 4.69) is 20.9 Å². The first-order valence-electron chi connectivity index (χ1n) is 6.36. The summed E-state index contributed by atoms with van der Waals surface area (Å²) in [6.45, 7) is 5.52. The molecule has 7 heteroatoms. The zero-order valence-corrected chi connectivity index (χ0v) is 12.5. The van der Waals surface area contributed by atoms with Crippen LogP contribution in [0.5, 0.6) is 0 Å². The van der Waals surface area contributed by atoms with Gasteiger partial charge in [-0.1, -0.05) is 11.6 Å². The predicted molar refractivity (Wildman–Crippen MR) is 78.8 cm³/mol. The molecule has 1 unspecified atom stereocenters. The summed E-state index contributed by atoms with van der Waals surface area (Å²) in [5.41, 5.74) is 0.422. The molecule has 0 aliphatic rings. The van der Waals surface area contributed by atoms with Gasteiger partial charge < -0.3 is 16.0 Å². The van der Waals surface area contributed by atoms with E-state index in [9.17, 15) is 9.59 Å². The van der Waals surface area contributed by atoms with Gasteiger partial charge in [-0.3, -0.25) is 4.79 Å². The van der Waals surface area contributed by atoms with E-state index in [0.717, 1.165) is 0 Å². The number of hydrogen-bond acceptors (Lipinski definition) is 3. The van der Waals surface area contributed by atoms with Gasteiger partial charge in [0.1, 0.15) is 0 Å². The van der Waals surface area contributed by atoms with E-state index in [0.29, 0.717) is 5.69 Å². The Morgan fingerprint density at radius 3 is 2.60 bits per heavy atom. The number of pyridine rings is 1. The van der Waals surface area contributed by atoms with Gasteiger partial charge in [0.15, 0.2) is 5.15 Å². The number of nitrogens with zero attached hydrogens (tertiary/aromatic N) is 1. The first-order valence-corrected chi connectivity index (χ1v) is 6.73. The number of amides is 3. The second kappa shape index (κ2) is 7.69. The molecule has 1 atom stereocenters. The van der Waals surface area contributed by atoms with Crippen molar-refractivity contribution < 1.29 is 9.59 Å². The third kappa shape index (κ3) is 5.88. The summed E-state index contributed by atoms with van der Waals surface area (Å²) in [6, 6.07) is 2.68. The zero-order valence-electron chi connectivity index (χ0n) is 11.7. The quantitative estimate of drug-likeness (QED) is 0.728. The number of halogens is 1. The van der Waals surface area contributed by atoms with Crippen LogP contribution in [0.15, 0.2) is 18.3 Å². The lowest BCUT2D eigenvalue weighted by Crippen LogP contribution is -2.40. The van der Waals surface area contributed by atoms with Crippen molar-refractivity contribution in [1.29, 1.82) is 0 Å². The molecule has 0 fully saturated rings. The monoisotopic (exact) mass is 298 g/mol. The highest BCUT2D eigenvalue weighted by atomic mass is 35.5. The molecule has 1 aromatic heterocycles. The Morgan fingerprint density at radius 2 is 2.00 bits per heavy atom. The predicted octanol–water partition coefficient (Wildman–Crippen LogP) is 2.16. The number of carbonyl (C=O) groups excluding carboxylic acids is 2. The lowest BCUT2D eigenvalue weighted by Gasteiger charge is -2.15. The van der Waals surface area contributed by atoms with Crippen molar-refractivity contribution in [3.63, 3.8) is 0 Å². The zero-order chi connectivity index (χ0) is 15.1. The Bertz CT molecular complexity index is 479. The second-order valence-electron chi connectivity index (χ2n) is 4.77. The molecule has 3 N–H and O–H groups in total. The van der Waals surface area contributed by atoms with E-state index in [-0.39, 0.29) is 29.6 Å². The summed E-state index contributed by atoms with van der Waals surface area (Å²) >= 11 is 5.83. The fourth-order valence-electron chi connectivity index (χ4n) is 1.57. The molecule has 0 saturated heterocycles. The number of nitrogens with one attached hydrogen (secondary N) is 3. The van der Waals surface area contributed by atoms with Crippen LogP contribution < -0.4 is 16.0 Å². The van der Waals surface area contributed by atoms with Crippen LogP contribution in [0.2, 0.25) is 5.15 Å². The Balaban J connectivity index is 2.42. The molecule has 20 heavy (non-hydrogen) atoms. The highest BCUT2D eigenvalue weighted by Crippen LogP contribution is 2.16. The number of hydrogen-bond donors (Lipinski definition) is 3. The van der Waals surface area contributed by atoms with Crippen LogP contribution >= 0.6 is 11.6 Å². The van der Waals surface area contributed by atoms with Crippen LogP contribution in [-0.2, 0) is 4.79 Å². The van der Waals surface area contributed by atoms with E-state index in [1.807, 2.05) is 13.8 Å². The summed E-state index contributed by atoms with van der Waals surface area (Å²) in [5, 5.41) is 8.22. The highest BCUT2D eigenvalue weighted by molar-refractivity contribution is 6.32. The summed E-state index contributed by atoms with van der Waals surface area (Å²) in [4.78, 5) is 27.1. The maximum atomic E-state index is 11.7. The Labute approximate surface area is 123 Å². The SMILES string of the molecule is CC(C)NC(=O)CC(C)NC(=O)Nc1cccnc1Cl. The lowest BCUT2D eigenvalue weighted by atomic mass is 10.2. The molecule has 1 aromatic rings. The van der Waals surface area contributed by atoms with Gasteiger partial charge in [0, 0.05) is 24.7 Å². The molecular weight excluding hydrogens is 280 g/mol. The maximum absolute atomic E-state index is 11.7. The molecule has 1 rings (SSSR count). The number of aromatic nitrogens is 1. The summed E-state index contributed by atoms with van der Waals surface area (Å²) in [7, 11) is 0. The lowest BCUT2D eigenvalue weighted by molar-refractivity contribution is -0.121. The van der Waals surface area contributed by atoms with Crippen molar-refractivity contribution in [2.45, 2.75) is 39.3 Å². The van der Waals surface area contributed by atoms with Crippen LogP contribution in [0, 0.1) is 0 Å². The van der Waals surface area contributed by atoms with Crippen molar-refractivity contribution in [2.75, 3.05) is 5.32 Å². The number of carbonyl (C=O) groups is 2. The highest BCUT2D eigenvalue weighted by Gasteiger charge is 2.13. The Morgan fingerprint density at radius 1 is 1.30 bits per heavy atom. The van der Waals surface area contributed by atoms with Gasteiger partial charge in [-0.15, -0.1) is 0 Å². The molecule has 0 saturated carbocycles. The summed E-state index contributed by atoms with van der Waals surface area (Å²) in [6.07, 6.45) is 1.75. The molecule has 0 bridgehead atoms. The van der Waals surface area contributed by atoms with Crippen LogP contribution in [0.4, 0.5) is 10.5 Å². The second-order valence-corrected chi connectivity index (χ2v) is 5.13. The van der Waals surface area contributed by atoms with Crippen LogP contribution in [0.25, 0.3) is 0 Å². The fraction of sp³-hybridized carbons (Fsp3) is 0.462. The summed E-state index contributed by atoms with van der Waals surface area (Å²) < 4.78 is 0. The van der Waals surface area contributed by atoms with E-state index < -0.39 is 6.03 Å². The molecule has 3 amide bonds. The standard InChI is InChI=1S/C13H19ClN4O2/c1-8(2)16-11(19)7-9(3)17-13(20)18-10-5-4-6-15-12(10)14/h4-6,8-9H,7H2,1-3H3,(H,16,19)(H2,17,18,20). The van der Waals surface area contributed by atoms with Crippen LogP contribution in [0.1, 0.15) is 27.2 Å². The molecule has 1 heterocycles. The molecule has 110 valence electrons. The molecule has 6 nitrogen and oxygen atoms in total.